The molecule has 0 amide bonds. The van der Waals surface area contributed by atoms with Gasteiger partial charge in [0, 0.05) is 17.5 Å². The predicted molar refractivity (Wildman–Crippen MR) is 87.1 cm³/mol. The summed E-state index contributed by atoms with van der Waals surface area (Å²) in [4.78, 5) is 17.1. The second kappa shape index (κ2) is 5.82. The summed E-state index contributed by atoms with van der Waals surface area (Å²) >= 11 is 1.58. The minimum Gasteiger partial charge on any atom is -0.328 e. The highest BCUT2D eigenvalue weighted by atomic mass is 32.1. The summed E-state index contributed by atoms with van der Waals surface area (Å²) in [5.41, 5.74) is 3.97. The van der Waals surface area contributed by atoms with E-state index in [2.05, 4.69) is 22.5 Å². The van der Waals surface area contributed by atoms with Gasteiger partial charge in [-0.25, -0.2) is 4.98 Å². The Kier molecular flexibility index (Phi) is 3.88. The van der Waals surface area contributed by atoms with Crippen LogP contribution in [0.5, 0.6) is 0 Å². The van der Waals surface area contributed by atoms with Gasteiger partial charge in [-0.15, -0.1) is 0 Å². The average Bonchev–Trinajstić information content (AvgIpc) is 3.04. The molecular formula is C17H18N2OS. The van der Waals surface area contributed by atoms with Crippen LogP contribution in [0.15, 0.2) is 35.0 Å². The number of thiophene rings is 1. The number of hydrogen-bond donors (Lipinski definition) is 0. The number of benzene rings is 1. The molecule has 3 nitrogen and oxygen atoms in total. The Labute approximate surface area is 128 Å². The highest BCUT2D eigenvalue weighted by Crippen LogP contribution is 2.20. The van der Waals surface area contributed by atoms with Gasteiger partial charge in [-0.3, -0.25) is 4.79 Å². The van der Waals surface area contributed by atoms with Crippen LogP contribution in [0.25, 0.3) is 11.0 Å². The number of carbonyl (C=O) groups excluding carboxylic acids is 1. The van der Waals surface area contributed by atoms with E-state index >= 15 is 0 Å². The maximum absolute atomic E-state index is 12.5. The van der Waals surface area contributed by atoms with Crippen molar-refractivity contribution < 1.29 is 4.79 Å². The number of para-hydroxylation sites is 2. The second-order valence-corrected chi connectivity index (χ2v) is 5.98. The van der Waals surface area contributed by atoms with Crippen LogP contribution in [-0.2, 0) is 13.0 Å². The first-order chi connectivity index (χ1) is 10.2. The van der Waals surface area contributed by atoms with Crippen LogP contribution in [-0.4, -0.2) is 15.3 Å². The number of ketones is 1. The molecule has 0 atom stereocenters. The number of fused-ring (bicyclic) bond motifs is 1. The number of rotatable bonds is 5. The van der Waals surface area contributed by atoms with E-state index in [4.69, 9.17) is 0 Å². The Morgan fingerprint density at radius 1 is 1.29 bits per heavy atom. The zero-order chi connectivity index (χ0) is 14.8. The molecule has 0 aliphatic carbocycles. The van der Waals surface area contributed by atoms with Crippen molar-refractivity contribution in [2.75, 3.05) is 0 Å². The van der Waals surface area contributed by atoms with Crippen molar-refractivity contribution in [2.45, 2.75) is 33.2 Å². The summed E-state index contributed by atoms with van der Waals surface area (Å²) in [6, 6.07) is 8.08. The smallest absolute Gasteiger partial charge is 0.171 e. The molecule has 0 fully saturated rings. The minimum atomic E-state index is 0.154. The molecule has 21 heavy (non-hydrogen) atoms. The van der Waals surface area contributed by atoms with Gasteiger partial charge in [0.25, 0.3) is 0 Å². The lowest BCUT2D eigenvalue weighted by molar-refractivity contribution is 0.0989. The lowest BCUT2D eigenvalue weighted by atomic mass is 10.1. The molecular weight excluding hydrogens is 280 g/mol. The van der Waals surface area contributed by atoms with Gasteiger partial charge in [-0.1, -0.05) is 19.1 Å². The lowest BCUT2D eigenvalue weighted by Crippen LogP contribution is -2.10. The second-order valence-electron chi connectivity index (χ2n) is 5.24. The van der Waals surface area contributed by atoms with E-state index in [0.29, 0.717) is 6.42 Å². The van der Waals surface area contributed by atoms with Crippen LogP contribution in [0, 0.1) is 6.92 Å². The van der Waals surface area contributed by atoms with Gasteiger partial charge in [0.15, 0.2) is 5.78 Å². The molecule has 3 rings (SSSR count). The Morgan fingerprint density at radius 2 is 2.10 bits per heavy atom. The van der Waals surface area contributed by atoms with E-state index in [0.717, 1.165) is 41.0 Å². The fourth-order valence-electron chi connectivity index (χ4n) is 2.62. The fourth-order valence-corrected chi connectivity index (χ4v) is 3.47. The van der Waals surface area contributed by atoms with E-state index in [1.54, 1.807) is 11.3 Å². The molecule has 0 unspecified atom stereocenters. The SMILES string of the molecule is CCCn1c(CC(=O)c2cscc2C)nc2ccccc21. The van der Waals surface area contributed by atoms with Crippen LogP contribution in [0.4, 0.5) is 0 Å². The summed E-state index contributed by atoms with van der Waals surface area (Å²) in [6.45, 7) is 5.02. The standard InChI is InChI=1S/C17H18N2OS/c1-3-8-19-15-7-5-4-6-14(15)18-17(19)9-16(20)13-11-21-10-12(13)2/h4-7,10-11H,3,8-9H2,1-2H3. The van der Waals surface area contributed by atoms with E-state index < -0.39 is 0 Å². The quantitative estimate of drug-likeness (QED) is 0.660. The molecule has 1 aromatic carbocycles. The number of Topliss-reactive ketones (excluding diaryl/α,β-unsaturated/α-hetero) is 1. The minimum absolute atomic E-state index is 0.154. The van der Waals surface area contributed by atoms with Gasteiger partial charge < -0.3 is 4.57 Å². The van der Waals surface area contributed by atoms with Crippen LogP contribution in [0.2, 0.25) is 0 Å². The van der Waals surface area contributed by atoms with Crippen LogP contribution >= 0.6 is 11.3 Å². The molecule has 2 aromatic heterocycles. The van der Waals surface area contributed by atoms with E-state index in [1.807, 2.05) is 35.9 Å². The Bertz CT molecular complexity index is 785. The molecule has 0 spiro atoms. The number of imidazole rings is 1. The molecule has 0 saturated heterocycles. The maximum atomic E-state index is 12.5. The fraction of sp³-hybridized carbons (Fsp3) is 0.294. The monoisotopic (exact) mass is 298 g/mol. The predicted octanol–water partition coefficient (Wildman–Crippen LogP) is 4.24. The number of aryl methyl sites for hydroxylation is 2. The van der Waals surface area contributed by atoms with Gasteiger partial charge in [0.2, 0.25) is 0 Å². The molecule has 0 bridgehead atoms. The van der Waals surface area contributed by atoms with Crippen molar-refractivity contribution in [3.05, 3.63) is 52.0 Å². The molecule has 0 aliphatic rings. The summed E-state index contributed by atoms with van der Waals surface area (Å²) in [5.74, 6) is 1.02. The van der Waals surface area contributed by atoms with Gasteiger partial charge in [0.05, 0.1) is 17.5 Å². The molecule has 0 aliphatic heterocycles. The first-order valence-electron chi connectivity index (χ1n) is 7.21. The number of nitrogens with zero attached hydrogens (tertiary/aromatic N) is 2. The summed E-state index contributed by atoms with van der Waals surface area (Å²) in [6.07, 6.45) is 1.39. The number of aromatic nitrogens is 2. The molecule has 0 saturated carbocycles. The highest BCUT2D eigenvalue weighted by Gasteiger charge is 2.16. The topological polar surface area (TPSA) is 34.9 Å². The molecule has 108 valence electrons. The van der Waals surface area contributed by atoms with E-state index in [-0.39, 0.29) is 5.78 Å². The summed E-state index contributed by atoms with van der Waals surface area (Å²) < 4.78 is 2.18. The van der Waals surface area contributed by atoms with Gasteiger partial charge in [-0.05, 0) is 36.4 Å². The zero-order valence-corrected chi connectivity index (χ0v) is 13.1. The zero-order valence-electron chi connectivity index (χ0n) is 12.3. The summed E-state index contributed by atoms with van der Waals surface area (Å²) in [7, 11) is 0. The van der Waals surface area contributed by atoms with Crippen LogP contribution < -0.4 is 0 Å². The molecule has 0 N–H and O–H groups in total. The van der Waals surface area contributed by atoms with Crippen LogP contribution in [0.1, 0.15) is 35.1 Å². The van der Waals surface area contributed by atoms with Crippen molar-refractivity contribution in [3.63, 3.8) is 0 Å². The summed E-state index contributed by atoms with van der Waals surface area (Å²) in [5, 5.41) is 3.95. The first kappa shape index (κ1) is 14.0. The molecule has 3 aromatic rings. The normalized spacial score (nSPS) is 11.1. The lowest BCUT2D eigenvalue weighted by Gasteiger charge is -2.07. The number of hydrogen-bond acceptors (Lipinski definition) is 3. The van der Waals surface area contributed by atoms with Crippen molar-refractivity contribution >= 4 is 28.2 Å². The van der Waals surface area contributed by atoms with Crippen molar-refractivity contribution in [3.8, 4) is 0 Å². The molecule has 4 heteroatoms. The Hall–Kier alpha value is -1.94. The van der Waals surface area contributed by atoms with E-state index in [1.165, 1.54) is 0 Å². The van der Waals surface area contributed by atoms with Gasteiger partial charge >= 0.3 is 0 Å². The largest absolute Gasteiger partial charge is 0.328 e. The maximum Gasteiger partial charge on any atom is 0.171 e. The van der Waals surface area contributed by atoms with Crippen LogP contribution in [0.3, 0.4) is 0 Å². The molecule has 2 heterocycles. The molecule has 0 radical (unpaired) electrons. The third-order valence-corrected chi connectivity index (χ3v) is 4.52. The highest BCUT2D eigenvalue weighted by molar-refractivity contribution is 7.08. The van der Waals surface area contributed by atoms with E-state index in [9.17, 15) is 4.79 Å². The van der Waals surface area contributed by atoms with Gasteiger partial charge in [-0.2, -0.15) is 11.3 Å². The first-order valence-corrected chi connectivity index (χ1v) is 8.15. The van der Waals surface area contributed by atoms with Crippen molar-refractivity contribution in [1.82, 2.24) is 9.55 Å². The third-order valence-electron chi connectivity index (χ3n) is 3.66. The number of carbonyl (C=O) groups is 1. The Morgan fingerprint density at radius 3 is 2.81 bits per heavy atom. The van der Waals surface area contributed by atoms with Crippen molar-refractivity contribution in [2.24, 2.45) is 0 Å². The Balaban J connectivity index is 1.98. The van der Waals surface area contributed by atoms with Gasteiger partial charge in [0.1, 0.15) is 5.82 Å². The van der Waals surface area contributed by atoms with Crippen molar-refractivity contribution in [1.29, 1.82) is 0 Å². The average molecular weight is 298 g/mol. The third kappa shape index (κ3) is 2.63.